The predicted molar refractivity (Wildman–Crippen MR) is 113 cm³/mol. The summed E-state index contributed by atoms with van der Waals surface area (Å²) in [4.78, 5) is 22.1. The van der Waals surface area contributed by atoms with Crippen molar-refractivity contribution in [3.8, 4) is 0 Å². The molecular formula is C20H24MnN2O2S2. The zero-order valence-corrected chi connectivity index (χ0v) is 18.3. The van der Waals surface area contributed by atoms with Gasteiger partial charge in [-0.15, -0.1) is 0 Å². The van der Waals surface area contributed by atoms with E-state index in [-0.39, 0.29) is 40.4 Å². The van der Waals surface area contributed by atoms with Crippen LogP contribution in [0.5, 0.6) is 0 Å². The van der Waals surface area contributed by atoms with Crippen LogP contribution in [0.1, 0.15) is 25.0 Å². The molecule has 0 saturated carbocycles. The minimum atomic E-state index is -0.115. The van der Waals surface area contributed by atoms with Gasteiger partial charge in [0.25, 0.3) is 0 Å². The van der Waals surface area contributed by atoms with Crippen LogP contribution in [0.3, 0.4) is 0 Å². The van der Waals surface area contributed by atoms with Crippen molar-refractivity contribution in [2.45, 2.75) is 26.7 Å². The van der Waals surface area contributed by atoms with Gasteiger partial charge in [-0.1, -0.05) is 61.8 Å². The molecule has 145 valence electrons. The van der Waals surface area contributed by atoms with E-state index in [1.54, 1.807) is 0 Å². The molecule has 27 heavy (non-hydrogen) atoms. The molecule has 7 heteroatoms. The van der Waals surface area contributed by atoms with E-state index in [0.717, 1.165) is 35.3 Å². The van der Waals surface area contributed by atoms with E-state index in [9.17, 15) is 9.59 Å². The molecule has 2 N–H and O–H groups in total. The minimum Gasteiger partial charge on any atom is -0.783 e. The van der Waals surface area contributed by atoms with Gasteiger partial charge in [0.15, 0.2) is 11.8 Å². The molecule has 0 aliphatic heterocycles. The first kappa shape index (κ1) is 25.6. The summed E-state index contributed by atoms with van der Waals surface area (Å²) in [5.74, 6) is -0.0115. The zero-order valence-electron chi connectivity index (χ0n) is 15.5. The summed E-state index contributed by atoms with van der Waals surface area (Å²) in [6.07, 6.45) is 1.82. The third kappa shape index (κ3) is 9.38. The Morgan fingerprint density at radius 2 is 1.07 bits per heavy atom. The van der Waals surface area contributed by atoms with Crippen LogP contribution in [0.15, 0.2) is 48.5 Å². The van der Waals surface area contributed by atoms with E-state index in [4.69, 9.17) is 0 Å². The summed E-state index contributed by atoms with van der Waals surface area (Å²) < 4.78 is 0. The topological polar surface area (TPSA) is 58.2 Å². The maximum absolute atomic E-state index is 11.0. The van der Waals surface area contributed by atoms with E-state index in [0.29, 0.717) is 0 Å². The number of benzene rings is 2. The summed E-state index contributed by atoms with van der Waals surface area (Å²) in [5, 5.41) is 5.54. The summed E-state index contributed by atoms with van der Waals surface area (Å²) in [7, 11) is 0. The Balaban J connectivity index is 0.000000483. The van der Waals surface area contributed by atoms with Gasteiger partial charge in [-0.3, -0.25) is 9.59 Å². The fraction of sp³-hybridized carbons (Fsp3) is 0.300. The third-order valence-corrected chi connectivity index (χ3v) is 4.13. The van der Waals surface area contributed by atoms with E-state index < -0.39 is 0 Å². The summed E-state index contributed by atoms with van der Waals surface area (Å²) in [6, 6.07) is 15.5. The van der Waals surface area contributed by atoms with E-state index >= 15 is 0 Å². The Morgan fingerprint density at radius 3 is 1.37 bits per heavy atom. The molecule has 2 amide bonds. The second kappa shape index (κ2) is 14.6. The maximum Gasteiger partial charge on any atom is 2.00 e. The first-order valence-electron chi connectivity index (χ1n) is 8.47. The number of rotatable bonds is 6. The van der Waals surface area contributed by atoms with Crippen molar-refractivity contribution in [1.29, 1.82) is 0 Å². The fourth-order valence-electron chi connectivity index (χ4n) is 2.27. The normalized spacial score (nSPS) is 9.33. The van der Waals surface area contributed by atoms with Crippen LogP contribution in [0.4, 0.5) is 11.4 Å². The number of aryl methyl sites for hydroxylation is 2. The first-order valence-corrected chi connectivity index (χ1v) is 9.62. The van der Waals surface area contributed by atoms with Crippen molar-refractivity contribution in [2.24, 2.45) is 0 Å². The molecule has 4 nitrogen and oxygen atoms in total. The molecule has 0 heterocycles. The number of nitrogens with one attached hydrogen (secondary N) is 2. The number of hydrogen-bond donors (Lipinski definition) is 2. The van der Waals surface area contributed by atoms with Gasteiger partial charge in [0.05, 0.1) is 0 Å². The molecule has 0 aliphatic carbocycles. The molecular weight excluding hydrogens is 419 g/mol. The van der Waals surface area contributed by atoms with E-state index in [2.05, 4.69) is 49.7 Å². The van der Waals surface area contributed by atoms with Crippen LogP contribution >= 0.6 is 0 Å². The average molecular weight is 443 g/mol. The summed E-state index contributed by atoms with van der Waals surface area (Å²) in [6.45, 7) is 4.11. The average Bonchev–Trinajstić information content (AvgIpc) is 2.69. The predicted octanol–water partition coefficient (Wildman–Crippen LogP) is 3.47. The fourth-order valence-corrected chi connectivity index (χ4v) is 2.42. The molecule has 0 aliphatic rings. The second-order valence-corrected chi connectivity index (χ2v) is 5.98. The van der Waals surface area contributed by atoms with Gasteiger partial charge in [-0.2, -0.15) is 0 Å². The van der Waals surface area contributed by atoms with Gasteiger partial charge in [-0.05, 0) is 36.1 Å². The Kier molecular flexibility index (Phi) is 13.9. The van der Waals surface area contributed by atoms with Crippen molar-refractivity contribution in [1.82, 2.24) is 0 Å². The van der Waals surface area contributed by atoms with E-state index in [1.165, 1.54) is 0 Å². The van der Waals surface area contributed by atoms with Gasteiger partial charge in [0.2, 0.25) is 0 Å². The minimum absolute atomic E-state index is 0. The van der Waals surface area contributed by atoms with Gasteiger partial charge in [0.1, 0.15) is 0 Å². The van der Waals surface area contributed by atoms with E-state index in [1.807, 2.05) is 48.5 Å². The largest absolute Gasteiger partial charge is 2.00 e. The molecule has 1 radical (unpaired) electrons. The molecule has 0 aromatic heterocycles. The van der Waals surface area contributed by atoms with Crippen molar-refractivity contribution >= 4 is 48.4 Å². The van der Waals surface area contributed by atoms with Crippen LogP contribution in [0.25, 0.3) is 0 Å². The van der Waals surface area contributed by atoms with Crippen molar-refractivity contribution in [2.75, 3.05) is 22.1 Å². The smallest absolute Gasteiger partial charge is 0.783 e. The Hall–Kier alpha value is -1.40. The third-order valence-electron chi connectivity index (χ3n) is 3.61. The molecule has 0 atom stereocenters. The number of hydrogen-bond acceptors (Lipinski definition) is 4. The monoisotopic (exact) mass is 443 g/mol. The van der Waals surface area contributed by atoms with Crippen LogP contribution in [0, 0.1) is 0 Å². The SMILES string of the molecule is CCc1ccccc1NC(=O)C[S-].CCc1ccccc1NC(=O)C[S-].[Mn+2]. The molecule has 0 spiro atoms. The number of para-hydroxylation sites is 2. The van der Waals surface area contributed by atoms with Gasteiger partial charge < -0.3 is 35.9 Å². The molecule has 0 bridgehead atoms. The Labute approximate surface area is 183 Å². The standard InChI is InChI=1S/2C10H13NOS.Mn/c2*1-2-8-5-3-4-6-9(8)11-10(12)7-13;/h2*3-6,13H,2,7H2,1H3,(H,11,12);/q;;+2/p-2. The Morgan fingerprint density at radius 1 is 0.741 bits per heavy atom. The van der Waals surface area contributed by atoms with Crippen LogP contribution in [-0.2, 0) is 64.8 Å². The van der Waals surface area contributed by atoms with Crippen molar-refractivity contribution in [3.05, 3.63) is 59.7 Å². The quantitative estimate of drug-likeness (QED) is 0.530. The number of carbonyl (C=O) groups is 2. The van der Waals surface area contributed by atoms with Crippen LogP contribution < -0.4 is 10.6 Å². The number of amides is 2. The van der Waals surface area contributed by atoms with Crippen molar-refractivity contribution in [3.63, 3.8) is 0 Å². The molecule has 2 aromatic carbocycles. The molecule has 0 fully saturated rings. The van der Waals surface area contributed by atoms with Crippen LogP contribution in [0.2, 0.25) is 0 Å². The number of carbonyl (C=O) groups excluding carboxylic acids is 2. The first-order chi connectivity index (χ1) is 12.5. The van der Waals surface area contributed by atoms with Gasteiger partial charge in [0, 0.05) is 11.4 Å². The molecule has 2 rings (SSSR count). The maximum atomic E-state index is 11.0. The van der Waals surface area contributed by atoms with Gasteiger partial charge >= 0.3 is 17.1 Å². The van der Waals surface area contributed by atoms with Crippen LogP contribution in [-0.4, -0.2) is 23.3 Å². The Bertz CT molecular complexity index is 665. The molecule has 0 saturated heterocycles. The number of anilines is 2. The van der Waals surface area contributed by atoms with Crippen molar-refractivity contribution < 1.29 is 26.7 Å². The summed E-state index contributed by atoms with van der Waals surface area (Å²) in [5.41, 5.74) is 4.03. The zero-order chi connectivity index (χ0) is 19.4. The second-order valence-electron chi connectivity index (χ2n) is 5.41. The summed E-state index contributed by atoms with van der Waals surface area (Å²) >= 11 is 9.28. The molecule has 2 aromatic rings. The molecule has 0 unspecified atom stereocenters. The van der Waals surface area contributed by atoms with Gasteiger partial charge in [-0.25, -0.2) is 0 Å².